The van der Waals surface area contributed by atoms with E-state index in [9.17, 15) is 4.79 Å². The van der Waals surface area contributed by atoms with Crippen LogP contribution in [-0.4, -0.2) is 28.0 Å². The first-order chi connectivity index (χ1) is 10.1. The van der Waals surface area contributed by atoms with Crippen molar-refractivity contribution in [3.63, 3.8) is 0 Å². The van der Waals surface area contributed by atoms with Crippen molar-refractivity contribution in [2.24, 2.45) is 0 Å². The Morgan fingerprint density at radius 3 is 2.86 bits per heavy atom. The van der Waals surface area contributed by atoms with Gasteiger partial charge in [0.05, 0.1) is 6.33 Å². The second-order valence-electron chi connectivity index (χ2n) is 5.19. The molecule has 0 bridgehead atoms. The summed E-state index contributed by atoms with van der Waals surface area (Å²) in [5.41, 5.74) is 2.83. The zero-order valence-corrected chi connectivity index (χ0v) is 12.8. The maximum atomic E-state index is 12.2. The van der Waals surface area contributed by atoms with Crippen molar-refractivity contribution in [3.05, 3.63) is 48.0 Å². The minimum absolute atomic E-state index is 0.0421. The largest absolute Gasteiger partial charge is 0.385 e. The van der Waals surface area contributed by atoms with Crippen molar-refractivity contribution in [3.8, 4) is 0 Å². The highest BCUT2D eigenvalue weighted by Gasteiger charge is 2.11. The molecule has 1 unspecified atom stereocenters. The predicted octanol–water partition coefficient (Wildman–Crippen LogP) is 2.44. The minimum Gasteiger partial charge on any atom is -0.385 e. The molecule has 5 heteroatoms. The smallest absolute Gasteiger partial charge is 0.251 e. The monoisotopic (exact) mass is 286 g/mol. The lowest BCUT2D eigenvalue weighted by molar-refractivity contribution is 0.0936. The summed E-state index contributed by atoms with van der Waals surface area (Å²) in [6.45, 7) is 7.62. The number of nitrogens with one attached hydrogen (secondary N) is 2. The number of amides is 1. The van der Waals surface area contributed by atoms with Crippen molar-refractivity contribution >= 4 is 11.6 Å². The van der Waals surface area contributed by atoms with E-state index in [2.05, 4.69) is 22.5 Å². The van der Waals surface area contributed by atoms with Gasteiger partial charge in [0.1, 0.15) is 0 Å². The second kappa shape index (κ2) is 6.92. The van der Waals surface area contributed by atoms with Gasteiger partial charge in [0.2, 0.25) is 0 Å². The number of nitrogens with zero attached hydrogens (tertiary/aromatic N) is 2. The van der Waals surface area contributed by atoms with Gasteiger partial charge in [-0.2, -0.15) is 0 Å². The summed E-state index contributed by atoms with van der Waals surface area (Å²) < 4.78 is 1.95. The van der Waals surface area contributed by atoms with Gasteiger partial charge in [0.25, 0.3) is 5.91 Å². The van der Waals surface area contributed by atoms with E-state index in [-0.39, 0.29) is 11.9 Å². The van der Waals surface area contributed by atoms with Crippen LogP contribution in [0, 0.1) is 6.92 Å². The summed E-state index contributed by atoms with van der Waals surface area (Å²) >= 11 is 0. The number of anilines is 1. The summed E-state index contributed by atoms with van der Waals surface area (Å²) in [5.74, 6) is -0.0474. The Balaban J connectivity index is 1.98. The first-order valence-electron chi connectivity index (χ1n) is 7.21. The molecule has 0 radical (unpaired) electrons. The molecule has 21 heavy (non-hydrogen) atoms. The van der Waals surface area contributed by atoms with Gasteiger partial charge < -0.3 is 15.2 Å². The molecule has 2 rings (SSSR count). The lowest BCUT2D eigenvalue weighted by Crippen LogP contribution is -2.35. The van der Waals surface area contributed by atoms with Gasteiger partial charge in [-0.05, 0) is 44.5 Å². The molecule has 1 atom stereocenters. The molecule has 1 amide bonds. The van der Waals surface area contributed by atoms with Crippen LogP contribution in [0.2, 0.25) is 0 Å². The van der Waals surface area contributed by atoms with Crippen LogP contribution in [0.5, 0.6) is 0 Å². The summed E-state index contributed by atoms with van der Waals surface area (Å²) in [7, 11) is 0. The van der Waals surface area contributed by atoms with Crippen LogP contribution < -0.4 is 10.6 Å². The fourth-order valence-corrected chi connectivity index (χ4v) is 2.26. The zero-order valence-electron chi connectivity index (χ0n) is 12.8. The third kappa shape index (κ3) is 4.08. The molecule has 0 aliphatic heterocycles. The summed E-state index contributed by atoms with van der Waals surface area (Å²) in [6, 6.07) is 5.76. The lowest BCUT2D eigenvalue weighted by atomic mass is 10.1. The Hall–Kier alpha value is -2.30. The van der Waals surface area contributed by atoms with Crippen LogP contribution in [0.3, 0.4) is 0 Å². The fourth-order valence-electron chi connectivity index (χ4n) is 2.26. The van der Waals surface area contributed by atoms with E-state index in [4.69, 9.17) is 0 Å². The van der Waals surface area contributed by atoms with Gasteiger partial charge in [0, 0.05) is 42.8 Å². The highest BCUT2D eigenvalue weighted by Crippen LogP contribution is 2.16. The number of imidazole rings is 1. The Labute approximate surface area is 125 Å². The van der Waals surface area contributed by atoms with Gasteiger partial charge in [-0.25, -0.2) is 4.98 Å². The Morgan fingerprint density at radius 1 is 1.43 bits per heavy atom. The molecule has 2 aromatic rings. The van der Waals surface area contributed by atoms with Crippen LogP contribution in [-0.2, 0) is 6.54 Å². The van der Waals surface area contributed by atoms with Crippen LogP contribution in [0.15, 0.2) is 36.9 Å². The number of aryl methyl sites for hydroxylation is 1. The van der Waals surface area contributed by atoms with Crippen LogP contribution in [0.25, 0.3) is 0 Å². The first-order valence-corrected chi connectivity index (χ1v) is 7.21. The quantitative estimate of drug-likeness (QED) is 0.857. The molecule has 112 valence electrons. The predicted molar refractivity (Wildman–Crippen MR) is 84.5 cm³/mol. The highest BCUT2D eigenvalue weighted by atomic mass is 16.1. The molecular weight excluding hydrogens is 264 g/mol. The number of carbonyl (C=O) groups is 1. The van der Waals surface area contributed by atoms with Gasteiger partial charge in [-0.3, -0.25) is 4.79 Å². The number of hydrogen-bond donors (Lipinski definition) is 2. The molecular formula is C16H22N4O. The number of hydrogen-bond acceptors (Lipinski definition) is 3. The molecule has 1 aromatic carbocycles. The zero-order chi connectivity index (χ0) is 15.2. The molecule has 0 aliphatic carbocycles. The number of aromatic nitrogens is 2. The fraction of sp³-hybridized carbons (Fsp3) is 0.375. The summed E-state index contributed by atoms with van der Waals surface area (Å²) in [4.78, 5) is 16.2. The molecule has 1 aromatic heterocycles. The molecule has 0 saturated carbocycles. The average Bonchev–Trinajstić information content (AvgIpc) is 2.93. The van der Waals surface area contributed by atoms with Gasteiger partial charge in [-0.15, -0.1) is 0 Å². The lowest BCUT2D eigenvalue weighted by Gasteiger charge is -2.15. The van der Waals surface area contributed by atoms with E-state index < -0.39 is 0 Å². The highest BCUT2D eigenvalue weighted by molar-refractivity contribution is 5.95. The van der Waals surface area contributed by atoms with E-state index in [0.29, 0.717) is 12.1 Å². The molecule has 0 fully saturated rings. The van der Waals surface area contributed by atoms with Crippen molar-refractivity contribution in [2.45, 2.75) is 33.4 Å². The van der Waals surface area contributed by atoms with Crippen LogP contribution >= 0.6 is 0 Å². The topological polar surface area (TPSA) is 59.0 Å². The van der Waals surface area contributed by atoms with Crippen molar-refractivity contribution in [2.75, 3.05) is 11.9 Å². The van der Waals surface area contributed by atoms with E-state index in [1.807, 2.05) is 42.8 Å². The Kier molecular flexibility index (Phi) is 4.98. The van der Waals surface area contributed by atoms with E-state index >= 15 is 0 Å². The van der Waals surface area contributed by atoms with Gasteiger partial charge in [-0.1, -0.05) is 0 Å². The summed E-state index contributed by atoms with van der Waals surface area (Å²) in [6.07, 6.45) is 5.37. The molecule has 1 heterocycles. The van der Waals surface area contributed by atoms with Crippen LogP contribution in [0.1, 0.15) is 29.8 Å². The maximum absolute atomic E-state index is 12.2. The normalized spacial score (nSPS) is 12.0. The third-order valence-electron chi connectivity index (χ3n) is 3.28. The Morgan fingerprint density at radius 2 is 2.24 bits per heavy atom. The summed E-state index contributed by atoms with van der Waals surface area (Å²) in [5, 5.41) is 6.28. The number of carbonyl (C=O) groups excluding carboxylic acids is 1. The SMILES string of the molecule is CCNc1ccc(C(=O)NC(C)Cn2ccnc2)cc1C. The molecule has 0 saturated heterocycles. The molecule has 0 spiro atoms. The van der Waals surface area contributed by atoms with Crippen molar-refractivity contribution in [1.29, 1.82) is 0 Å². The molecule has 2 N–H and O–H groups in total. The Bertz CT molecular complexity index is 592. The minimum atomic E-state index is -0.0474. The van der Waals surface area contributed by atoms with Crippen LogP contribution in [0.4, 0.5) is 5.69 Å². The van der Waals surface area contributed by atoms with E-state index in [0.717, 1.165) is 17.8 Å². The van der Waals surface area contributed by atoms with E-state index in [1.54, 1.807) is 12.5 Å². The number of benzene rings is 1. The molecule has 0 aliphatic rings. The first kappa shape index (κ1) is 15.1. The molecule has 5 nitrogen and oxygen atoms in total. The maximum Gasteiger partial charge on any atom is 0.251 e. The number of rotatable bonds is 6. The second-order valence-corrected chi connectivity index (χ2v) is 5.19. The van der Waals surface area contributed by atoms with Crippen molar-refractivity contribution < 1.29 is 4.79 Å². The average molecular weight is 286 g/mol. The standard InChI is InChI=1S/C16H22N4O/c1-4-18-15-6-5-14(9-12(15)2)16(21)19-13(3)10-20-8-7-17-11-20/h5-9,11,13,18H,4,10H2,1-3H3,(H,19,21). The van der Waals surface area contributed by atoms with Crippen molar-refractivity contribution in [1.82, 2.24) is 14.9 Å². The van der Waals surface area contributed by atoms with Gasteiger partial charge in [0.15, 0.2) is 0 Å². The third-order valence-corrected chi connectivity index (χ3v) is 3.28. The van der Waals surface area contributed by atoms with E-state index in [1.165, 1.54) is 0 Å². The van der Waals surface area contributed by atoms with Gasteiger partial charge >= 0.3 is 0 Å².